The second-order valence-corrected chi connectivity index (χ2v) is 10.6. The van der Waals surface area contributed by atoms with Crippen molar-refractivity contribution in [3.05, 3.63) is 72.2 Å². The summed E-state index contributed by atoms with van der Waals surface area (Å²) in [7, 11) is 1.31. The highest BCUT2D eigenvalue weighted by molar-refractivity contribution is 6.22. The molecule has 0 spiro atoms. The number of esters is 1. The predicted molar refractivity (Wildman–Crippen MR) is 157 cm³/mol. The highest BCUT2D eigenvalue weighted by atomic mass is 16.5. The van der Waals surface area contributed by atoms with E-state index in [1.165, 1.54) is 51.6 Å². The van der Waals surface area contributed by atoms with Gasteiger partial charge in [0.05, 0.1) is 30.2 Å². The normalized spacial score (nSPS) is 21.1. The number of ether oxygens (including phenoxy) is 2. The van der Waals surface area contributed by atoms with E-state index in [0.29, 0.717) is 29.4 Å². The van der Waals surface area contributed by atoms with Gasteiger partial charge >= 0.3 is 5.97 Å². The van der Waals surface area contributed by atoms with Gasteiger partial charge in [-0.3, -0.25) is 10.0 Å². The zero-order valence-corrected chi connectivity index (χ0v) is 23.3. The topological polar surface area (TPSA) is 149 Å². The summed E-state index contributed by atoms with van der Waals surface area (Å²) in [6, 6.07) is 15.9. The lowest BCUT2D eigenvalue weighted by Crippen LogP contribution is -2.28. The molecule has 2 aromatic rings. The van der Waals surface area contributed by atoms with Gasteiger partial charge in [0.1, 0.15) is 12.5 Å². The van der Waals surface area contributed by atoms with Crippen LogP contribution in [0.25, 0.3) is 11.1 Å². The maximum absolute atomic E-state index is 12.6. The summed E-state index contributed by atoms with van der Waals surface area (Å²) < 4.78 is 11.3. The lowest BCUT2D eigenvalue weighted by molar-refractivity contribution is -0.135. The average molecular weight is 548 g/mol. The fourth-order valence-corrected chi connectivity index (χ4v) is 5.46. The summed E-state index contributed by atoms with van der Waals surface area (Å²) >= 11 is 0. The molecule has 0 radical (unpaired) electrons. The van der Waals surface area contributed by atoms with Crippen LogP contribution < -0.4 is 22.0 Å². The van der Waals surface area contributed by atoms with E-state index in [4.69, 9.17) is 31.8 Å². The first-order chi connectivity index (χ1) is 19.3. The highest BCUT2D eigenvalue weighted by Gasteiger charge is 2.45. The van der Waals surface area contributed by atoms with Gasteiger partial charge in [0.2, 0.25) is 0 Å². The third kappa shape index (κ3) is 7.22. The largest absolute Gasteiger partial charge is 0.490 e. The van der Waals surface area contributed by atoms with Gasteiger partial charge in [0.25, 0.3) is 0 Å². The molecule has 2 aliphatic rings. The van der Waals surface area contributed by atoms with Gasteiger partial charge < -0.3 is 26.0 Å². The van der Waals surface area contributed by atoms with Crippen molar-refractivity contribution in [3.63, 3.8) is 0 Å². The minimum atomic E-state index is -0.571. The Morgan fingerprint density at radius 2 is 1.82 bits per heavy atom. The standard InChI is InChI=1S/C31H41N5O4/c1-20(21-8-4-3-5-9-21)40-25-13-7-11-23(15-25)22-10-6-12-24(14-22)35-30(28(17-32)31(38)39-2)27-16-26(27)29(33)18-36(34)19-37/h6-7,10-15,17-18,20-21,26-27,37H,3-5,8-9,16,19,32-34H2,1-2H3/b28-17?,29-18-,35-30?/t20?,26?,27-/m1/s1. The zero-order valence-electron chi connectivity index (χ0n) is 23.3. The number of nitrogens with two attached hydrogens (primary N) is 3. The molecule has 40 heavy (non-hydrogen) atoms. The molecule has 0 bridgehead atoms. The molecule has 2 unspecified atom stereocenters. The Morgan fingerprint density at radius 3 is 2.50 bits per heavy atom. The number of carbonyl (C=O) groups is 1. The van der Waals surface area contributed by atoms with Gasteiger partial charge in [-0.25, -0.2) is 10.6 Å². The second-order valence-electron chi connectivity index (χ2n) is 10.6. The van der Waals surface area contributed by atoms with Gasteiger partial charge in [-0.05, 0) is 67.5 Å². The van der Waals surface area contributed by atoms with Crippen LogP contribution in [0.2, 0.25) is 0 Å². The number of aliphatic hydroxyl groups is 1. The number of rotatable bonds is 11. The van der Waals surface area contributed by atoms with Crippen molar-refractivity contribution in [2.45, 2.75) is 51.6 Å². The molecule has 0 saturated heterocycles. The molecule has 0 heterocycles. The Labute approximate surface area is 236 Å². The maximum atomic E-state index is 12.6. The van der Waals surface area contributed by atoms with Crippen LogP contribution in [0.4, 0.5) is 5.69 Å². The molecule has 0 aromatic heterocycles. The molecule has 7 N–H and O–H groups in total. The Morgan fingerprint density at radius 1 is 1.12 bits per heavy atom. The van der Waals surface area contributed by atoms with Crippen molar-refractivity contribution in [2.24, 2.45) is 40.1 Å². The fraction of sp³-hybridized carbons (Fsp3) is 0.419. The van der Waals surface area contributed by atoms with Crippen molar-refractivity contribution < 1.29 is 19.4 Å². The molecule has 3 atom stereocenters. The fourth-order valence-electron chi connectivity index (χ4n) is 5.46. The number of hydrazine groups is 1. The number of benzene rings is 2. The third-order valence-corrected chi connectivity index (χ3v) is 7.79. The average Bonchev–Trinajstić information content (AvgIpc) is 3.78. The summed E-state index contributed by atoms with van der Waals surface area (Å²) in [4.78, 5) is 17.4. The minimum absolute atomic E-state index is 0.0980. The monoisotopic (exact) mass is 547 g/mol. The lowest BCUT2D eigenvalue weighted by Gasteiger charge is -2.28. The van der Waals surface area contributed by atoms with E-state index in [1.54, 1.807) is 0 Å². The molecule has 9 heteroatoms. The first kappa shape index (κ1) is 29.2. The summed E-state index contributed by atoms with van der Waals surface area (Å²) in [5.41, 5.74) is 15.9. The van der Waals surface area contributed by atoms with Gasteiger partial charge in [0.15, 0.2) is 0 Å². The van der Waals surface area contributed by atoms with Gasteiger partial charge in [-0.15, -0.1) is 0 Å². The zero-order chi connectivity index (χ0) is 28.6. The minimum Gasteiger partial charge on any atom is -0.490 e. The van der Waals surface area contributed by atoms with Gasteiger partial charge in [-0.1, -0.05) is 43.5 Å². The molecular weight excluding hydrogens is 506 g/mol. The predicted octanol–water partition coefficient (Wildman–Crippen LogP) is 4.35. The quantitative estimate of drug-likeness (QED) is 0.0810. The third-order valence-electron chi connectivity index (χ3n) is 7.79. The number of nitrogens with zero attached hydrogens (tertiary/aromatic N) is 2. The number of methoxy groups -OCH3 is 1. The van der Waals surface area contributed by atoms with Crippen molar-refractivity contribution in [1.82, 2.24) is 5.01 Å². The first-order valence-electron chi connectivity index (χ1n) is 13.9. The highest BCUT2D eigenvalue weighted by Crippen LogP contribution is 2.46. The maximum Gasteiger partial charge on any atom is 0.341 e. The molecule has 2 saturated carbocycles. The van der Waals surface area contributed by atoms with E-state index in [-0.39, 0.29) is 30.2 Å². The second kappa shape index (κ2) is 13.5. The number of hydrogen-bond donors (Lipinski definition) is 4. The summed E-state index contributed by atoms with van der Waals surface area (Å²) in [5, 5.41) is 10.3. The Hall–Kier alpha value is -3.82. The molecule has 2 aromatic carbocycles. The summed E-state index contributed by atoms with van der Waals surface area (Å²) in [6.45, 7) is 1.80. The molecule has 9 nitrogen and oxygen atoms in total. The number of carbonyl (C=O) groups excluding carboxylic acids is 1. The van der Waals surface area contributed by atoms with Crippen LogP contribution in [0.3, 0.4) is 0 Å². The van der Waals surface area contributed by atoms with Crippen molar-refractivity contribution >= 4 is 17.4 Å². The number of aliphatic imine (C=N–C) groups is 1. The van der Waals surface area contributed by atoms with Crippen LogP contribution in [0.15, 0.2) is 77.2 Å². The van der Waals surface area contributed by atoms with Gasteiger partial charge in [0, 0.05) is 29.9 Å². The van der Waals surface area contributed by atoms with Crippen LogP contribution in [0.5, 0.6) is 5.75 Å². The molecule has 214 valence electrons. The summed E-state index contributed by atoms with van der Waals surface area (Å²) in [6.07, 6.45) is 9.87. The molecule has 4 rings (SSSR count). The van der Waals surface area contributed by atoms with Crippen molar-refractivity contribution in [2.75, 3.05) is 13.8 Å². The molecule has 0 aliphatic heterocycles. The van der Waals surface area contributed by atoms with Crippen LogP contribution >= 0.6 is 0 Å². The van der Waals surface area contributed by atoms with E-state index in [9.17, 15) is 9.90 Å². The summed E-state index contributed by atoms with van der Waals surface area (Å²) in [5.74, 6) is 6.29. The molecule has 2 fully saturated rings. The van der Waals surface area contributed by atoms with Crippen LogP contribution in [0.1, 0.15) is 45.4 Å². The van der Waals surface area contributed by atoms with Crippen LogP contribution in [0, 0.1) is 17.8 Å². The van der Waals surface area contributed by atoms with E-state index >= 15 is 0 Å². The lowest BCUT2D eigenvalue weighted by atomic mass is 9.86. The SMILES string of the molecule is COC(=O)C(=CN)C(=Nc1cccc(-c2cccc(OC(C)C3CCCCC3)c2)c1)[C@@H]1CC1/C(N)=C/N(N)CO. The Balaban J connectivity index is 1.60. The van der Waals surface area contributed by atoms with Crippen molar-refractivity contribution in [1.29, 1.82) is 0 Å². The van der Waals surface area contributed by atoms with Crippen molar-refractivity contribution in [3.8, 4) is 16.9 Å². The van der Waals surface area contributed by atoms with E-state index in [0.717, 1.165) is 21.9 Å². The number of aliphatic hydroxyl groups excluding tert-OH is 1. The molecular formula is C31H41N5O4. The van der Waals surface area contributed by atoms with E-state index in [1.807, 2.05) is 42.5 Å². The van der Waals surface area contributed by atoms with Crippen LogP contribution in [-0.4, -0.2) is 41.7 Å². The van der Waals surface area contributed by atoms with Gasteiger partial charge in [-0.2, -0.15) is 0 Å². The van der Waals surface area contributed by atoms with E-state index < -0.39 is 5.97 Å². The number of hydrogen-bond acceptors (Lipinski definition) is 9. The number of allylic oxidation sites excluding steroid dienone is 1. The molecule has 0 amide bonds. The Bertz CT molecular complexity index is 1270. The smallest absolute Gasteiger partial charge is 0.341 e. The first-order valence-corrected chi connectivity index (χ1v) is 13.9. The molecule has 2 aliphatic carbocycles. The van der Waals surface area contributed by atoms with E-state index in [2.05, 4.69) is 13.0 Å². The van der Waals surface area contributed by atoms with Crippen LogP contribution in [-0.2, 0) is 9.53 Å². The Kier molecular flexibility index (Phi) is 9.84.